The Bertz CT molecular complexity index is 3090. The van der Waals surface area contributed by atoms with Crippen molar-refractivity contribution in [2.75, 3.05) is 4.90 Å². The smallest absolute Gasteiger partial charge is 0.0726 e. The molecular weight excluding hydrogens is 687 g/mol. The third-order valence-corrected chi connectivity index (χ3v) is 13.6. The van der Waals surface area contributed by atoms with Crippen LogP contribution in [0.25, 0.3) is 55.3 Å². The van der Waals surface area contributed by atoms with E-state index >= 15 is 0 Å². The summed E-state index contributed by atoms with van der Waals surface area (Å²) in [5.41, 5.74) is 22.0. The molecule has 1 fully saturated rings. The Morgan fingerprint density at radius 1 is 0.333 bits per heavy atom. The van der Waals surface area contributed by atoms with Crippen molar-refractivity contribution in [1.29, 1.82) is 0 Å². The summed E-state index contributed by atoms with van der Waals surface area (Å²) >= 11 is 0. The van der Waals surface area contributed by atoms with E-state index in [1.54, 1.807) is 0 Å². The molecule has 9 aromatic carbocycles. The maximum atomic E-state index is 2.50. The molecule has 57 heavy (non-hydrogen) atoms. The second-order valence-electron chi connectivity index (χ2n) is 16.4. The topological polar surface area (TPSA) is 3.24 Å². The van der Waals surface area contributed by atoms with E-state index < -0.39 is 5.41 Å². The molecule has 9 aromatic rings. The van der Waals surface area contributed by atoms with Crippen LogP contribution in [0, 0.1) is 0 Å². The highest BCUT2D eigenvalue weighted by atomic mass is 15.1. The van der Waals surface area contributed by atoms with Crippen LogP contribution in [0.3, 0.4) is 0 Å². The Hall–Kier alpha value is -6.96. The summed E-state index contributed by atoms with van der Waals surface area (Å²) in [6, 6.07) is 75.5. The molecule has 1 heteroatoms. The second kappa shape index (κ2) is 11.5. The lowest BCUT2D eigenvalue weighted by Crippen LogP contribution is -2.26. The third-order valence-electron chi connectivity index (χ3n) is 13.6. The molecule has 0 aliphatic heterocycles. The highest BCUT2D eigenvalue weighted by Crippen LogP contribution is 2.64. The highest BCUT2D eigenvalue weighted by Gasteiger charge is 2.51. The van der Waals surface area contributed by atoms with Gasteiger partial charge in [0.15, 0.2) is 0 Å². The lowest BCUT2D eigenvalue weighted by molar-refractivity contribution is 0.793. The van der Waals surface area contributed by atoms with Crippen molar-refractivity contribution >= 4 is 27.8 Å². The lowest BCUT2D eigenvalue weighted by atomic mass is 9.70. The summed E-state index contributed by atoms with van der Waals surface area (Å²) in [5.74, 6) is 1.34. The van der Waals surface area contributed by atoms with Crippen LogP contribution in [-0.2, 0) is 5.41 Å². The van der Waals surface area contributed by atoms with E-state index in [1.165, 1.54) is 95.1 Å². The van der Waals surface area contributed by atoms with Gasteiger partial charge in [-0.25, -0.2) is 0 Å². The summed E-state index contributed by atoms with van der Waals surface area (Å²) in [5, 5.41) is 2.47. The molecule has 2 atom stereocenters. The molecule has 0 N–H and O–H groups in total. The van der Waals surface area contributed by atoms with Crippen LogP contribution in [0.1, 0.15) is 51.6 Å². The van der Waals surface area contributed by atoms with Gasteiger partial charge in [0.2, 0.25) is 0 Å². The normalized spacial score (nSPS) is 16.8. The third kappa shape index (κ3) is 4.29. The van der Waals surface area contributed by atoms with Crippen LogP contribution in [0.2, 0.25) is 0 Å². The van der Waals surface area contributed by atoms with Crippen molar-refractivity contribution in [2.24, 2.45) is 0 Å². The summed E-state index contributed by atoms with van der Waals surface area (Å²) < 4.78 is 0. The molecule has 4 aliphatic rings. The average molecular weight is 724 g/mol. The predicted octanol–water partition coefficient (Wildman–Crippen LogP) is 14.6. The largest absolute Gasteiger partial charge is 0.310 e. The first-order valence-electron chi connectivity index (χ1n) is 20.3. The molecule has 1 spiro atoms. The number of hydrogen-bond donors (Lipinski definition) is 0. The van der Waals surface area contributed by atoms with E-state index in [4.69, 9.17) is 0 Å². The predicted molar refractivity (Wildman–Crippen MR) is 236 cm³/mol. The molecule has 1 saturated carbocycles. The molecule has 1 nitrogen and oxygen atoms in total. The highest BCUT2D eigenvalue weighted by molar-refractivity contribution is 5.97. The zero-order valence-electron chi connectivity index (χ0n) is 31.4. The van der Waals surface area contributed by atoms with Crippen molar-refractivity contribution in [3.8, 4) is 44.5 Å². The summed E-state index contributed by atoms with van der Waals surface area (Å²) in [7, 11) is 0. The summed E-state index contributed by atoms with van der Waals surface area (Å²) in [6.45, 7) is 0. The van der Waals surface area contributed by atoms with Crippen LogP contribution in [0.15, 0.2) is 200 Å². The number of fused-ring (bicyclic) bond motifs is 17. The van der Waals surface area contributed by atoms with Crippen LogP contribution in [0.4, 0.5) is 17.1 Å². The Morgan fingerprint density at radius 2 is 0.877 bits per heavy atom. The molecule has 266 valence electrons. The summed E-state index contributed by atoms with van der Waals surface area (Å²) in [4.78, 5) is 2.47. The fourth-order valence-corrected chi connectivity index (χ4v) is 11.0. The Morgan fingerprint density at radius 3 is 1.61 bits per heavy atom. The van der Waals surface area contributed by atoms with Gasteiger partial charge in [-0.1, -0.05) is 158 Å². The molecule has 4 aliphatic carbocycles. The van der Waals surface area contributed by atoms with Crippen molar-refractivity contribution in [2.45, 2.75) is 23.7 Å². The molecule has 0 amide bonds. The minimum absolute atomic E-state index is 0.411. The first-order chi connectivity index (χ1) is 28.3. The fourth-order valence-electron chi connectivity index (χ4n) is 11.0. The van der Waals surface area contributed by atoms with Crippen LogP contribution < -0.4 is 4.90 Å². The molecule has 0 radical (unpaired) electrons. The monoisotopic (exact) mass is 723 g/mol. The van der Waals surface area contributed by atoms with Gasteiger partial charge in [0.25, 0.3) is 0 Å². The van der Waals surface area contributed by atoms with Gasteiger partial charge in [-0.15, -0.1) is 0 Å². The Labute approximate surface area is 333 Å². The SMILES string of the molecule is c1cc(-c2ccc3c(c2)-c2ccccc2C2CC32)cc(N(c2ccc3c(c2)C2(c4ccccc4-c4ccccc42)c2ccccc2-3)c2ccc3ccccc3c2)c1. The van der Waals surface area contributed by atoms with Gasteiger partial charge in [-0.2, -0.15) is 0 Å². The summed E-state index contributed by atoms with van der Waals surface area (Å²) in [6.07, 6.45) is 1.27. The van der Waals surface area contributed by atoms with Crippen LogP contribution >= 0.6 is 0 Å². The maximum absolute atomic E-state index is 2.50. The fraction of sp³-hybridized carbons (Fsp3) is 0.0714. The van der Waals surface area contributed by atoms with E-state index in [0.717, 1.165) is 17.1 Å². The van der Waals surface area contributed by atoms with Gasteiger partial charge in [0.1, 0.15) is 0 Å². The zero-order chi connectivity index (χ0) is 37.2. The van der Waals surface area contributed by atoms with Gasteiger partial charge in [0, 0.05) is 17.1 Å². The molecule has 0 bridgehead atoms. The van der Waals surface area contributed by atoms with E-state index in [2.05, 4.69) is 205 Å². The first kappa shape index (κ1) is 31.3. The average Bonchev–Trinajstić information content (AvgIpc) is 3.97. The number of nitrogens with zero attached hydrogens (tertiary/aromatic N) is 1. The first-order valence-corrected chi connectivity index (χ1v) is 20.3. The van der Waals surface area contributed by atoms with E-state index in [0.29, 0.717) is 11.8 Å². The van der Waals surface area contributed by atoms with E-state index in [9.17, 15) is 0 Å². The molecule has 0 heterocycles. The van der Waals surface area contributed by atoms with Gasteiger partial charge < -0.3 is 4.90 Å². The van der Waals surface area contributed by atoms with E-state index in [-0.39, 0.29) is 0 Å². The molecule has 0 aromatic heterocycles. The maximum Gasteiger partial charge on any atom is 0.0726 e. The molecule has 2 unspecified atom stereocenters. The van der Waals surface area contributed by atoms with Crippen molar-refractivity contribution in [1.82, 2.24) is 0 Å². The van der Waals surface area contributed by atoms with Crippen molar-refractivity contribution in [3.63, 3.8) is 0 Å². The molecule has 13 rings (SSSR count). The number of anilines is 3. The zero-order valence-corrected chi connectivity index (χ0v) is 31.4. The molecular formula is C56H37N. The second-order valence-corrected chi connectivity index (χ2v) is 16.4. The Balaban J connectivity index is 1.02. The standard InChI is InChI=1S/C56H37N/c1-2-13-36-30-40(26-24-35(36)12-1)57(39-15-11-14-37(31-39)38-25-28-44-49(32-38)42-16-3-4-17-43(42)50-34-51(44)50)41-27-29-48-47-20-7-10-23-54(47)56(55(48)33-41)52-21-8-5-18-45(52)46-19-6-9-22-53(46)56/h1-33,50-51H,34H2. The number of hydrogen-bond acceptors (Lipinski definition) is 1. The van der Waals surface area contributed by atoms with Crippen LogP contribution in [0.5, 0.6) is 0 Å². The quantitative estimate of drug-likeness (QED) is 0.175. The number of benzene rings is 9. The van der Waals surface area contributed by atoms with Gasteiger partial charge >= 0.3 is 0 Å². The van der Waals surface area contributed by atoms with Crippen molar-refractivity contribution in [3.05, 3.63) is 234 Å². The minimum Gasteiger partial charge on any atom is -0.310 e. The van der Waals surface area contributed by atoms with E-state index in [1.807, 2.05) is 0 Å². The minimum atomic E-state index is -0.411. The van der Waals surface area contributed by atoms with Crippen LogP contribution in [-0.4, -0.2) is 0 Å². The van der Waals surface area contributed by atoms with Gasteiger partial charge in [-0.3, -0.25) is 0 Å². The van der Waals surface area contributed by atoms with Gasteiger partial charge in [0.05, 0.1) is 5.41 Å². The lowest BCUT2D eigenvalue weighted by Gasteiger charge is -2.32. The Kier molecular flexibility index (Phi) is 6.33. The van der Waals surface area contributed by atoms with Gasteiger partial charge in [-0.05, 0) is 149 Å². The molecule has 0 saturated heterocycles. The van der Waals surface area contributed by atoms with Crippen molar-refractivity contribution < 1.29 is 0 Å². The number of rotatable bonds is 4.